The summed E-state index contributed by atoms with van der Waals surface area (Å²) in [5.41, 5.74) is 0.668. The van der Waals surface area contributed by atoms with Gasteiger partial charge >= 0.3 is 5.97 Å². The van der Waals surface area contributed by atoms with E-state index < -0.39 is 5.97 Å². The molecule has 0 aromatic carbocycles. The Bertz CT molecular complexity index is 614. The lowest BCUT2D eigenvalue weighted by Crippen LogP contribution is -2.33. The molecule has 0 aliphatic carbocycles. The highest BCUT2D eigenvalue weighted by Gasteiger charge is 2.20. The van der Waals surface area contributed by atoms with Crippen LogP contribution in [0.2, 0.25) is 0 Å². The summed E-state index contributed by atoms with van der Waals surface area (Å²) in [7, 11) is 0. The second-order valence-corrected chi connectivity index (χ2v) is 4.78. The van der Waals surface area contributed by atoms with Crippen LogP contribution in [0.1, 0.15) is 27.7 Å². The van der Waals surface area contributed by atoms with E-state index in [4.69, 9.17) is 9.52 Å². The Morgan fingerprint density at radius 1 is 1.53 bits per heavy atom. The molecule has 0 saturated carbocycles. The molecular formula is C13H15N3O3. The zero-order valence-corrected chi connectivity index (χ0v) is 10.7. The fourth-order valence-electron chi connectivity index (χ4n) is 2.42. The van der Waals surface area contributed by atoms with E-state index in [0.717, 1.165) is 25.5 Å². The Labute approximate surface area is 110 Å². The highest BCUT2D eigenvalue weighted by Crippen LogP contribution is 2.19. The number of aromatic carboxylic acids is 1. The van der Waals surface area contributed by atoms with E-state index in [-0.39, 0.29) is 5.76 Å². The molecular weight excluding hydrogens is 246 g/mol. The number of imidazole rings is 1. The van der Waals surface area contributed by atoms with E-state index in [0.29, 0.717) is 17.9 Å². The highest BCUT2D eigenvalue weighted by atomic mass is 16.4. The van der Waals surface area contributed by atoms with Crippen LogP contribution < -0.4 is 0 Å². The molecule has 2 aromatic heterocycles. The summed E-state index contributed by atoms with van der Waals surface area (Å²) in [4.78, 5) is 17.4. The van der Waals surface area contributed by atoms with Gasteiger partial charge in [-0.05, 0) is 13.0 Å². The van der Waals surface area contributed by atoms with Crippen molar-refractivity contribution in [3.8, 4) is 0 Å². The first-order chi connectivity index (χ1) is 9.13. The maximum Gasteiger partial charge on any atom is 0.372 e. The van der Waals surface area contributed by atoms with Crippen molar-refractivity contribution in [1.82, 2.24) is 14.5 Å². The lowest BCUT2D eigenvalue weighted by atomic mass is 10.2. The van der Waals surface area contributed by atoms with Gasteiger partial charge < -0.3 is 14.1 Å². The van der Waals surface area contributed by atoms with Crippen molar-refractivity contribution in [2.45, 2.75) is 26.6 Å². The third-order valence-electron chi connectivity index (χ3n) is 3.37. The maximum atomic E-state index is 10.9. The van der Waals surface area contributed by atoms with Crippen molar-refractivity contribution in [3.63, 3.8) is 0 Å². The van der Waals surface area contributed by atoms with Crippen LogP contribution in [0.3, 0.4) is 0 Å². The summed E-state index contributed by atoms with van der Waals surface area (Å²) in [6.07, 6.45) is 3.78. The molecule has 0 atom stereocenters. The summed E-state index contributed by atoms with van der Waals surface area (Å²) in [5.74, 6) is 0.745. The van der Waals surface area contributed by atoms with Crippen LogP contribution in [-0.4, -0.2) is 32.1 Å². The standard InChI is InChI=1S/C13H15N3O3/c1-9-6-10(19-12(9)13(17)18)7-15-4-5-16-3-2-14-11(16)8-15/h2-3,6H,4-5,7-8H2,1H3,(H,17,18). The second-order valence-electron chi connectivity index (χ2n) is 4.78. The molecule has 0 saturated heterocycles. The summed E-state index contributed by atoms with van der Waals surface area (Å²) < 4.78 is 7.51. The van der Waals surface area contributed by atoms with Gasteiger partial charge in [-0.3, -0.25) is 4.90 Å². The van der Waals surface area contributed by atoms with Crippen LogP contribution >= 0.6 is 0 Å². The largest absolute Gasteiger partial charge is 0.475 e. The molecule has 0 spiro atoms. The van der Waals surface area contributed by atoms with E-state index >= 15 is 0 Å². The van der Waals surface area contributed by atoms with Crippen LogP contribution in [0.25, 0.3) is 0 Å². The van der Waals surface area contributed by atoms with Gasteiger partial charge in [0.15, 0.2) is 0 Å². The molecule has 1 N–H and O–H groups in total. The number of furan rings is 1. The average molecular weight is 261 g/mol. The Morgan fingerprint density at radius 2 is 2.37 bits per heavy atom. The summed E-state index contributed by atoms with van der Waals surface area (Å²) in [5, 5.41) is 8.97. The van der Waals surface area contributed by atoms with Gasteiger partial charge in [0.05, 0.1) is 13.1 Å². The molecule has 3 heterocycles. The zero-order valence-electron chi connectivity index (χ0n) is 10.7. The van der Waals surface area contributed by atoms with Crippen molar-refractivity contribution >= 4 is 5.97 Å². The fourth-order valence-corrected chi connectivity index (χ4v) is 2.42. The van der Waals surface area contributed by atoms with Gasteiger partial charge in [0.25, 0.3) is 0 Å². The van der Waals surface area contributed by atoms with Gasteiger partial charge in [-0.1, -0.05) is 0 Å². The monoisotopic (exact) mass is 261 g/mol. The van der Waals surface area contributed by atoms with E-state index in [9.17, 15) is 4.79 Å². The van der Waals surface area contributed by atoms with Crippen LogP contribution in [0, 0.1) is 6.92 Å². The smallest absolute Gasteiger partial charge is 0.372 e. The van der Waals surface area contributed by atoms with Crippen molar-refractivity contribution in [3.05, 3.63) is 41.4 Å². The lowest BCUT2D eigenvalue weighted by molar-refractivity contribution is 0.0656. The molecule has 1 aliphatic rings. The molecule has 0 radical (unpaired) electrons. The van der Waals surface area contributed by atoms with Gasteiger partial charge in [0.1, 0.15) is 11.6 Å². The quantitative estimate of drug-likeness (QED) is 0.906. The Kier molecular flexibility index (Phi) is 2.87. The number of aromatic nitrogens is 2. The first-order valence-electron chi connectivity index (χ1n) is 6.18. The lowest BCUT2D eigenvalue weighted by Gasteiger charge is -2.26. The number of nitrogens with zero attached hydrogens (tertiary/aromatic N) is 3. The van der Waals surface area contributed by atoms with Gasteiger partial charge in [-0.15, -0.1) is 0 Å². The second kappa shape index (κ2) is 4.55. The van der Waals surface area contributed by atoms with E-state index in [2.05, 4.69) is 14.5 Å². The Morgan fingerprint density at radius 3 is 3.11 bits per heavy atom. The molecule has 6 nitrogen and oxygen atoms in total. The summed E-state index contributed by atoms with van der Waals surface area (Å²) in [6.45, 7) is 4.93. The van der Waals surface area contributed by atoms with Crippen LogP contribution in [-0.2, 0) is 19.6 Å². The zero-order chi connectivity index (χ0) is 13.4. The third-order valence-corrected chi connectivity index (χ3v) is 3.37. The van der Waals surface area contributed by atoms with Gasteiger partial charge in [-0.2, -0.15) is 0 Å². The SMILES string of the molecule is Cc1cc(CN2CCn3ccnc3C2)oc1C(=O)O. The number of rotatable bonds is 3. The Balaban J connectivity index is 1.73. The molecule has 19 heavy (non-hydrogen) atoms. The number of carboxylic acids is 1. The molecule has 0 bridgehead atoms. The number of hydrogen-bond donors (Lipinski definition) is 1. The molecule has 2 aromatic rings. The van der Waals surface area contributed by atoms with Crippen LogP contribution in [0.4, 0.5) is 0 Å². The fraction of sp³-hybridized carbons (Fsp3) is 0.385. The third kappa shape index (κ3) is 2.26. The van der Waals surface area contributed by atoms with Crippen LogP contribution in [0.15, 0.2) is 22.9 Å². The van der Waals surface area contributed by atoms with Crippen molar-refractivity contribution < 1.29 is 14.3 Å². The van der Waals surface area contributed by atoms with Crippen LogP contribution in [0.5, 0.6) is 0 Å². The summed E-state index contributed by atoms with van der Waals surface area (Å²) >= 11 is 0. The maximum absolute atomic E-state index is 10.9. The van der Waals surface area contributed by atoms with E-state index in [1.54, 1.807) is 19.2 Å². The predicted octanol–water partition coefficient (Wildman–Crippen LogP) is 1.50. The van der Waals surface area contributed by atoms with Crippen molar-refractivity contribution in [2.24, 2.45) is 0 Å². The molecule has 100 valence electrons. The van der Waals surface area contributed by atoms with Crippen molar-refractivity contribution in [2.75, 3.05) is 6.54 Å². The number of aryl methyl sites for hydroxylation is 1. The minimum Gasteiger partial charge on any atom is -0.475 e. The molecule has 0 fully saturated rings. The van der Waals surface area contributed by atoms with Gasteiger partial charge in [0, 0.05) is 31.0 Å². The first-order valence-corrected chi connectivity index (χ1v) is 6.18. The number of fused-ring (bicyclic) bond motifs is 1. The first kappa shape index (κ1) is 12.0. The molecule has 0 amide bonds. The highest BCUT2D eigenvalue weighted by molar-refractivity contribution is 5.86. The summed E-state index contributed by atoms with van der Waals surface area (Å²) in [6, 6.07) is 1.80. The van der Waals surface area contributed by atoms with E-state index in [1.807, 2.05) is 6.20 Å². The van der Waals surface area contributed by atoms with Gasteiger partial charge in [-0.25, -0.2) is 9.78 Å². The molecule has 1 aliphatic heterocycles. The molecule has 0 unspecified atom stereocenters. The number of carboxylic acid groups (broad SMARTS) is 1. The number of carbonyl (C=O) groups is 1. The molecule has 6 heteroatoms. The Hall–Kier alpha value is -2.08. The minimum absolute atomic E-state index is 0.0357. The topological polar surface area (TPSA) is 71.5 Å². The van der Waals surface area contributed by atoms with Crippen molar-refractivity contribution in [1.29, 1.82) is 0 Å². The normalized spacial score (nSPS) is 15.4. The van der Waals surface area contributed by atoms with Gasteiger partial charge in [0.2, 0.25) is 5.76 Å². The molecule has 3 rings (SSSR count). The predicted molar refractivity (Wildman–Crippen MR) is 66.7 cm³/mol. The minimum atomic E-state index is -1.02. The number of hydrogen-bond acceptors (Lipinski definition) is 4. The van der Waals surface area contributed by atoms with E-state index in [1.165, 1.54) is 0 Å². The average Bonchev–Trinajstić information content (AvgIpc) is 2.95.